The summed E-state index contributed by atoms with van der Waals surface area (Å²) in [6.07, 6.45) is 2.03. The highest BCUT2D eigenvalue weighted by atomic mass is 79.9. The largest absolute Gasteiger partial charge is 0.497 e. The molecule has 1 aromatic rings. The highest BCUT2D eigenvalue weighted by Crippen LogP contribution is 2.37. The molecule has 2 amide bonds. The molecule has 1 aliphatic heterocycles. The fraction of sp³-hybridized carbons (Fsp3) is 0.467. The van der Waals surface area contributed by atoms with Gasteiger partial charge in [0.1, 0.15) is 11.8 Å². The van der Waals surface area contributed by atoms with Gasteiger partial charge in [0.25, 0.3) is 0 Å². The van der Waals surface area contributed by atoms with E-state index in [0.717, 1.165) is 28.6 Å². The fourth-order valence-corrected chi connectivity index (χ4v) is 3.09. The predicted octanol–water partition coefficient (Wildman–Crippen LogP) is 1.69. The molecule has 3 rings (SSSR count). The van der Waals surface area contributed by atoms with E-state index in [1.54, 1.807) is 12.0 Å². The van der Waals surface area contributed by atoms with Crippen LogP contribution in [0.2, 0.25) is 0 Å². The van der Waals surface area contributed by atoms with Crippen molar-refractivity contribution >= 4 is 27.7 Å². The van der Waals surface area contributed by atoms with Crippen molar-refractivity contribution in [2.24, 2.45) is 5.92 Å². The van der Waals surface area contributed by atoms with Gasteiger partial charge in [0.05, 0.1) is 13.7 Å². The Morgan fingerprint density at radius 3 is 2.81 bits per heavy atom. The zero-order valence-corrected chi connectivity index (χ0v) is 13.4. The van der Waals surface area contributed by atoms with Gasteiger partial charge in [0.15, 0.2) is 0 Å². The number of halogens is 1. The smallest absolute Gasteiger partial charge is 0.243 e. The number of piperazine rings is 1. The Morgan fingerprint density at radius 2 is 2.14 bits per heavy atom. The molecule has 5 nitrogen and oxygen atoms in total. The van der Waals surface area contributed by atoms with Crippen LogP contribution in [0.25, 0.3) is 0 Å². The highest BCUT2D eigenvalue weighted by molar-refractivity contribution is 9.10. The third-order valence-corrected chi connectivity index (χ3v) is 4.77. The number of rotatable bonds is 4. The number of carbonyl (C=O) groups excluding carboxylic acids is 2. The van der Waals surface area contributed by atoms with Gasteiger partial charge in [0, 0.05) is 11.0 Å². The summed E-state index contributed by atoms with van der Waals surface area (Å²) < 4.78 is 6.14. The van der Waals surface area contributed by atoms with E-state index < -0.39 is 0 Å². The summed E-state index contributed by atoms with van der Waals surface area (Å²) in [7, 11) is 1.61. The molecule has 1 aromatic carbocycles. The first kappa shape index (κ1) is 14.4. The average molecular weight is 353 g/mol. The lowest BCUT2D eigenvalue weighted by molar-refractivity contribution is -0.147. The monoisotopic (exact) mass is 352 g/mol. The summed E-state index contributed by atoms with van der Waals surface area (Å²) in [5, 5.41) is 2.69. The molecule has 1 atom stereocenters. The summed E-state index contributed by atoms with van der Waals surface area (Å²) in [5.74, 6) is 0.987. The molecule has 2 fully saturated rings. The molecule has 0 bridgehead atoms. The number of benzene rings is 1. The second kappa shape index (κ2) is 5.67. The van der Waals surface area contributed by atoms with Crippen molar-refractivity contribution < 1.29 is 14.3 Å². The van der Waals surface area contributed by atoms with Gasteiger partial charge in [-0.25, -0.2) is 0 Å². The van der Waals surface area contributed by atoms with E-state index >= 15 is 0 Å². The molecule has 6 heteroatoms. The molecule has 112 valence electrons. The van der Waals surface area contributed by atoms with Crippen LogP contribution in [-0.4, -0.2) is 36.4 Å². The average Bonchev–Trinajstić information content (AvgIpc) is 3.29. The summed E-state index contributed by atoms with van der Waals surface area (Å²) >= 11 is 3.50. The molecule has 1 saturated carbocycles. The molecule has 1 heterocycles. The minimum atomic E-state index is -0.329. The van der Waals surface area contributed by atoms with E-state index in [0.29, 0.717) is 12.5 Å². The number of ether oxygens (including phenoxy) is 1. The molecule has 1 unspecified atom stereocenters. The number of carbonyl (C=O) groups is 2. The van der Waals surface area contributed by atoms with Crippen LogP contribution in [0, 0.1) is 5.92 Å². The number of amides is 2. The maximum atomic E-state index is 12.2. The van der Waals surface area contributed by atoms with Crippen LogP contribution >= 0.6 is 15.9 Å². The molecule has 2 aliphatic rings. The van der Waals surface area contributed by atoms with Gasteiger partial charge in [-0.1, -0.05) is 15.9 Å². The summed E-state index contributed by atoms with van der Waals surface area (Å²) in [6.45, 7) is 0.509. The number of hydrogen-bond donors (Lipinski definition) is 1. The van der Waals surface area contributed by atoms with E-state index in [9.17, 15) is 9.59 Å². The summed E-state index contributed by atoms with van der Waals surface area (Å²) in [5.41, 5.74) is 0.947. The molecule has 1 N–H and O–H groups in total. The molecule has 21 heavy (non-hydrogen) atoms. The van der Waals surface area contributed by atoms with Gasteiger partial charge < -0.3 is 15.0 Å². The van der Waals surface area contributed by atoms with Crippen LogP contribution in [0.1, 0.15) is 18.4 Å². The van der Waals surface area contributed by atoms with Crippen LogP contribution in [0.15, 0.2) is 22.7 Å². The van der Waals surface area contributed by atoms with Crippen LogP contribution in [0.5, 0.6) is 5.75 Å². The number of hydrogen-bond acceptors (Lipinski definition) is 3. The Hall–Kier alpha value is -1.56. The Labute approximate surface area is 131 Å². The van der Waals surface area contributed by atoms with E-state index in [4.69, 9.17) is 4.74 Å². The normalized spacial score (nSPS) is 22.2. The third-order valence-electron chi connectivity index (χ3n) is 4.00. The van der Waals surface area contributed by atoms with Gasteiger partial charge in [-0.15, -0.1) is 0 Å². The lowest BCUT2D eigenvalue weighted by Gasteiger charge is -2.35. The Morgan fingerprint density at radius 1 is 1.38 bits per heavy atom. The standard InChI is InChI=1S/C15H17BrN2O3/c1-21-11-4-5-12(16)10(6-11)8-18-13(19)7-17-15(20)14(18)9-2-3-9/h4-6,9,14H,2-3,7-8H2,1H3,(H,17,20). The van der Waals surface area contributed by atoms with Gasteiger partial charge in [0.2, 0.25) is 11.8 Å². The quantitative estimate of drug-likeness (QED) is 0.896. The molecule has 1 saturated heterocycles. The van der Waals surface area contributed by atoms with Crippen molar-refractivity contribution in [1.29, 1.82) is 0 Å². The SMILES string of the molecule is COc1ccc(Br)c(CN2C(=O)CNC(=O)C2C2CC2)c1. The number of methoxy groups -OCH3 is 1. The van der Waals surface area contributed by atoms with Crippen LogP contribution in [0.4, 0.5) is 0 Å². The topological polar surface area (TPSA) is 58.6 Å². The Bertz CT molecular complexity index is 586. The highest BCUT2D eigenvalue weighted by Gasteiger charge is 2.44. The lowest BCUT2D eigenvalue weighted by atomic mass is 10.1. The second-order valence-corrected chi connectivity index (χ2v) is 6.33. The van der Waals surface area contributed by atoms with Gasteiger partial charge in [-0.05, 0) is 42.5 Å². The second-order valence-electron chi connectivity index (χ2n) is 5.48. The molecule has 0 radical (unpaired) electrons. The fourth-order valence-electron chi connectivity index (χ4n) is 2.72. The first-order chi connectivity index (χ1) is 10.1. The predicted molar refractivity (Wildman–Crippen MR) is 80.8 cm³/mol. The Kier molecular flexibility index (Phi) is 3.89. The van der Waals surface area contributed by atoms with Crippen molar-refractivity contribution in [2.45, 2.75) is 25.4 Å². The first-order valence-corrected chi connectivity index (χ1v) is 7.79. The zero-order chi connectivity index (χ0) is 15.0. The van der Waals surface area contributed by atoms with Crippen LogP contribution in [0.3, 0.4) is 0 Å². The van der Waals surface area contributed by atoms with Crippen molar-refractivity contribution in [1.82, 2.24) is 10.2 Å². The molecular weight excluding hydrogens is 336 g/mol. The van der Waals surface area contributed by atoms with Crippen molar-refractivity contribution in [3.63, 3.8) is 0 Å². The molecule has 1 aliphatic carbocycles. The molecular formula is C15H17BrN2O3. The first-order valence-electron chi connectivity index (χ1n) is 6.99. The van der Waals surface area contributed by atoms with Gasteiger partial charge >= 0.3 is 0 Å². The van der Waals surface area contributed by atoms with E-state index in [1.807, 2.05) is 18.2 Å². The summed E-state index contributed by atoms with van der Waals surface area (Å²) in [6, 6.07) is 5.32. The minimum absolute atomic E-state index is 0.0266. The van der Waals surface area contributed by atoms with Crippen LogP contribution in [-0.2, 0) is 16.1 Å². The van der Waals surface area contributed by atoms with E-state index in [2.05, 4.69) is 21.2 Å². The zero-order valence-electron chi connectivity index (χ0n) is 11.8. The summed E-state index contributed by atoms with van der Waals surface area (Å²) in [4.78, 5) is 26.0. The minimum Gasteiger partial charge on any atom is -0.497 e. The van der Waals surface area contributed by atoms with E-state index in [-0.39, 0.29) is 24.4 Å². The maximum Gasteiger partial charge on any atom is 0.243 e. The number of nitrogens with one attached hydrogen (secondary N) is 1. The Balaban J connectivity index is 1.87. The van der Waals surface area contributed by atoms with Gasteiger partial charge in [-0.2, -0.15) is 0 Å². The number of nitrogens with zero attached hydrogens (tertiary/aromatic N) is 1. The molecule has 0 spiro atoms. The van der Waals surface area contributed by atoms with Gasteiger partial charge in [-0.3, -0.25) is 9.59 Å². The molecule has 0 aromatic heterocycles. The van der Waals surface area contributed by atoms with E-state index in [1.165, 1.54) is 0 Å². The maximum absolute atomic E-state index is 12.2. The van der Waals surface area contributed by atoms with Crippen molar-refractivity contribution in [3.05, 3.63) is 28.2 Å². The van der Waals surface area contributed by atoms with Crippen LogP contribution < -0.4 is 10.1 Å². The lowest BCUT2D eigenvalue weighted by Crippen LogP contribution is -2.58. The van der Waals surface area contributed by atoms with Crippen molar-refractivity contribution in [3.8, 4) is 5.75 Å². The third kappa shape index (κ3) is 2.90. The van der Waals surface area contributed by atoms with Crippen molar-refractivity contribution in [2.75, 3.05) is 13.7 Å².